The first-order valence-electron chi connectivity index (χ1n) is 8.69. The Labute approximate surface area is 131 Å². The summed E-state index contributed by atoms with van der Waals surface area (Å²) >= 11 is 0. The van der Waals surface area contributed by atoms with Crippen LogP contribution in [0.2, 0.25) is 0 Å². The third kappa shape index (κ3) is 3.33. The summed E-state index contributed by atoms with van der Waals surface area (Å²) in [5.41, 5.74) is 0.632. The van der Waals surface area contributed by atoms with Gasteiger partial charge in [0, 0.05) is 0 Å². The van der Waals surface area contributed by atoms with Gasteiger partial charge in [-0.15, -0.1) is 0 Å². The number of benzene rings is 1. The molecule has 22 heavy (non-hydrogen) atoms. The second kappa shape index (κ2) is 6.64. The van der Waals surface area contributed by atoms with Crippen LogP contribution in [0.15, 0.2) is 12.1 Å². The summed E-state index contributed by atoms with van der Waals surface area (Å²) < 4.78 is 39.8. The highest BCUT2D eigenvalue weighted by Crippen LogP contribution is 2.44. The van der Waals surface area contributed by atoms with Crippen LogP contribution in [0, 0.1) is 35.2 Å². The Morgan fingerprint density at radius 1 is 0.727 bits per heavy atom. The van der Waals surface area contributed by atoms with E-state index in [-0.39, 0.29) is 5.92 Å². The van der Waals surface area contributed by atoms with Crippen molar-refractivity contribution in [3.8, 4) is 0 Å². The number of hydrogen-bond acceptors (Lipinski definition) is 0. The molecule has 3 rings (SSSR count). The lowest BCUT2D eigenvalue weighted by Crippen LogP contribution is -2.24. The Morgan fingerprint density at radius 3 is 1.68 bits per heavy atom. The number of hydrogen-bond donors (Lipinski definition) is 0. The topological polar surface area (TPSA) is 0 Å². The molecule has 0 aliphatic heterocycles. The maximum Gasteiger partial charge on any atom is 0.194 e. The maximum atomic E-state index is 13.4. The molecule has 0 aromatic heterocycles. The number of rotatable bonds is 2. The summed E-state index contributed by atoms with van der Waals surface area (Å²) in [6, 6.07) is 2.37. The molecule has 0 saturated heterocycles. The zero-order valence-corrected chi connectivity index (χ0v) is 13.3. The minimum atomic E-state index is -1.35. The summed E-state index contributed by atoms with van der Waals surface area (Å²) in [5.74, 6) is -0.788. The van der Waals surface area contributed by atoms with Gasteiger partial charge in [0.2, 0.25) is 0 Å². The predicted molar refractivity (Wildman–Crippen MR) is 82.1 cm³/mol. The first kappa shape index (κ1) is 15.9. The molecule has 1 aromatic carbocycles. The van der Waals surface area contributed by atoms with E-state index in [0.717, 1.165) is 43.4 Å². The quantitative estimate of drug-likeness (QED) is 0.570. The molecule has 0 N–H and O–H groups in total. The first-order valence-corrected chi connectivity index (χ1v) is 8.69. The zero-order chi connectivity index (χ0) is 15.7. The fourth-order valence-corrected chi connectivity index (χ4v) is 4.49. The van der Waals surface area contributed by atoms with E-state index in [1.807, 2.05) is 0 Å². The van der Waals surface area contributed by atoms with Gasteiger partial charge in [0.15, 0.2) is 17.5 Å². The first-order chi connectivity index (χ1) is 10.5. The van der Waals surface area contributed by atoms with E-state index in [1.54, 1.807) is 0 Å². The van der Waals surface area contributed by atoms with E-state index in [4.69, 9.17) is 0 Å². The summed E-state index contributed by atoms with van der Waals surface area (Å²) in [5, 5.41) is 0. The van der Waals surface area contributed by atoms with Gasteiger partial charge < -0.3 is 0 Å². The molecular formula is C19H25F3. The van der Waals surface area contributed by atoms with Gasteiger partial charge in [-0.05, 0) is 79.9 Å². The summed E-state index contributed by atoms with van der Waals surface area (Å²) in [4.78, 5) is 0. The smallest absolute Gasteiger partial charge is 0.194 e. The highest BCUT2D eigenvalue weighted by atomic mass is 19.2. The van der Waals surface area contributed by atoms with Crippen LogP contribution >= 0.6 is 0 Å². The molecule has 0 nitrogen and oxygen atoms in total. The van der Waals surface area contributed by atoms with Crippen molar-refractivity contribution in [1.82, 2.24) is 0 Å². The molecule has 0 radical (unpaired) electrons. The van der Waals surface area contributed by atoms with Crippen molar-refractivity contribution in [2.24, 2.45) is 17.8 Å². The molecule has 2 saturated carbocycles. The van der Waals surface area contributed by atoms with Crippen molar-refractivity contribution in [3.05, 3.63) is 35.1 Å². The number of halogens is 3. The molecule has 0 bridgehead atoms. The molecule has 0 atom stereocenters. The zero-order valence-electron chi connectivity index (χ0n) is 13.3. The van der Waals surface area contributed by atoms with E-state index in [0.29, 0.717) is 5.56 Å². The molecule has 3 heteroatoms. The van der Waals surface area contributed by atoms with E-state index >= 15 is 0 Å². The molecule has 0 amide bonds. The molecule has 2 aliphatic rings. The van der Waals surface area contributed by atoms with Gasteiger partial charge in [0.05, 0.1) is 0 Å². The Balaban J connectivity index is 1.60. The molecule has 0 heterocycles. The fourth-order valence-electron chi connectivity index (χ4n) is 4.49. The van der Waals surface area contributed by atoms with Gasteiger partial charge >= 0.3 is 0 Å². The second-order valence-corrected chi connectivity index (χ2v) is 7.43. The van der Waals surface area contributed by atoms with Crippen LogP contribution in [0.3, 0.4) is 0 Å². The van der Waals surface area contributed by atoms with Crippen LogP contribution in [-0.4, -0.2) is 0 Å². The molecule has 2 fully saturated rings. The Morgan fingerprint density at radius 2 is 1.18 bits per heavy atom. The van der Waals surface area contributed by atoms with Crippen molar-refractivity contribution in [2.45, 2.75) is 64.2 Å². The third-order valence-electron chi connectivity index (χ3n) is 5.98. The lowest BCUT2D eigenvalue weighted by atomic mass is 9.68. The van der Waals surface area contributed by atoms with Gasteiger partial charge in [-0.25, -0.2) is 13.2 Å². The monoisotopic (exact) mass is 310 g/mol. The summed E-state index contributed by atoms with van der Waals surface area (Å²) in [7, 11) is 0. The van der Waals surface area contributed by atoms with Crippen LogP contribution in [0.4, 0.5) is 13.2 Å². The Hall–Kier alpha value is -0.990. The standard InChI is InChI=1S/C19H25F3/c1-12-2-4-13(5-3-12)14-6-8-15(9-7-14)16-10-17(20)19(22)18(21)11-16/h10-15H,2-9H2,1H3/t12-,13-,14?,15?. The predicted octanol–water partition coefficient (Wildman–Crippen LogP) is 6.20. The molecule has 0 spiro atoms. The second-order valence-electron chi connectivity index (χ2n) is 7.43. The minimum absolute atomic E-state index is 0.184. The molecule has 1 aromatic rings. The maximum absolute atomic E-state index is 13.4. The Kier molecular flexibility index (Phi) is 4.79. The third-order valence-corrected chi connectivity index (χ3v) is 5.98. The van der Waals surface area contributed by atoms with Gasteiger partial charge in [0.25, 0.3) is 0 Å². The molecule has 2 aliphatic carbocycles. The fraction of sp³-hybridized carbons (Fsp3) is 0.684. The highest BCUT2D eigenvalue weighted by molar-refractivity contribution is 5.23. The van der Waals surface area contributed by atoms with Gasteiger partial charge in [-0.3, -0.25) is 0 Å². The molecule has 0 unspecified atom stereocenters. The van der Waals surface area contributed by atoms with E-state index in [1.165, 1.54) is 37.8 Å². The normalized spacial score (nSPS) is 32.9. The van der Waals surface area contributed by atoms with Crippen molar-refractivity contribution in [1.29, 1.82) is 0 Å². The summed E-state index contributed by atoms with van der Waals surface area (Å²) in [6.45, 7) is 2.34. The van der Waals surface area contributed by atoms with E-state index in [9.17, 15) is 13.2 Å². The van der Waals surface area contributed by atoms with Crippen LogP contribution in [-0.2, 0) is 0 Å². The SMILES string of the molecule is C[C@H]1CC[C@H](C2CCC(c3cc(F)c(F)c(F)c3)CC2)CC1. The van der Waals surface area contributed by atoms with Crippen LogP contribution in [0.5, 0.6) is 0 Å². The van der Waals surface area contributed by atoms with Crippen molar-refractivity contribution in [3.63, 3.8) is 0 Å². The highest BCUT2D eigenvalue weighted by Gasteiger charge is 2.30. The van der Waals surface area contributed by atoms with E-state index < -0.39 is 17.5 Å². The van der Waals surface area contributed by atoms with Crippen LogP contribution in [0.25, 0.3) is 0 Å². The lowest BCUT2D eigenvalue weighted by molar-refractivity contribution is 0.165. The van der Waals surface area contributed by atoms with Gasteiger partial charge in [-0.1, -0.05) is 19.8 Å². The van der Waals surface area contributed by atoms with Crippen molar-refractivity contribution in [2.75, 3.05) is 0 Å². The van der Waals surface area contributed by atoms with Crippen molar-refractivity contribution < 1.29 is 13.2 Å². The molecule has 122 valence electrons. The minimum Gasteiger partial charge on any atom is -0.204 e. The van der Waals surface area contributed by atoms with Gasteiger partial charge in [-0.2, -0.15) is 0 Å². The van der Waals surface area contributed by atoms with Gasteiger partial charge in [0.1, 0.15) is 0 Å². The van der Waals surface area contributed by atoms with Crippen molar-refractivity contribution >= 4 is 0 Å². The largest absolute Gasteiger partial charge is 0.204 e. The molecular weight excluding hydrogens is 285 g/mol. The average molecular weight is 310 g/mol. The van der Waals surface area contributed by atoms with E-state index in [2.05, 4.69) is 6.92 Å². The summed E-state index contributed by atoms with van der Waals surface area (Å²) in [6.07, 6.45) is 9.61. The van der Waals surface area contributed by atoms with Crippen LogP contribution < -0.4 is 0 Å². The Bertz CT molecular complexity index is 486. The average Bonchev–Trinajstić information content (AvgIpc) is 2.53. The van der Waals surface area contributed by atoms with Crippen LogP contribution in [0.1, 0.15) is 69.8 Å². The lowest BCUT2D eigenvalue weighted by Gasteiger charge is -2.37.